The van der Waals surface area contributed by atoms with Crippen molar-refractivity contribution in [2.45, 2.75) is 65.3 Å². The summed E-state index contributed by atoms with van der Waals surface area (Å²) in [6, 6.07) is 3.91. The average Bonchev–Trinajstić information content (AvgIpc) is 2.85. The molecule has 0 unspecified atom stereocenters. The van der Waals surface area contributed by atoms with E-state index in [0.717, 1.165) is 70.9 Å². The van der Waals surface area contributed by atoms with Crippen molar-refractivity contribution in [2.75, 3.05) is 70.1 Å². The van der Waals surface area contributed by atoms with E-state index in [0.29, 0.717) is 11.4 Å². The lowest BCUT2D eigenvalue weighted by Crippen LogP contribution is -2.47. The SMILES string of the molecule is CCCCCN(CC)c1ccc(C(=N)C(=O)NC2CCN(CCN(C)CCC)CC2)c(NC)n1. The number of carbonyl (C=O) groups excluding carboxylic acids is 1. The Morgan fingerprint density at radius 1 is 1.12 bits per heavy atom. The Morgan fingerprint density at radius 3 is 2.47 bits per heavy atom. The number of aromatic nitrogens is 1. The van der Waals surface area contributed by atoms with Crippen molar-refractivity contribution in [3.05, 3.63) is 17.7 Å². The first-order valence-corrected chi connectivity index (χ1v) is 13.2. The van der Waals surface area contributed by atoms with Crippen LogP contribution in [0.3, 0.4) is 0 Å². The molecule has 1 aliphatic heterocycles. The Hall–Kier alpha value is -2.19. The highest BCUT2D eigenvalue weighted by atomic mass is 16.1. The van der Waals surface area contributed by atoms with Crippen LogP contribution in [-0.2, 0) is 4.79 Å². The number of amides is 1. The van der Waals surface area contributed by atoms with Gasteiger partial charge in [-0.1, -0.05) is 26.7 Å². The van der Waals surface area contributed by atoms with E-state index in [1.807, 2.05) is 12.1 Å². The summed E-state index contributed by atoms with van der Waals surface area (Å²) in [4.78, 5) is 24.7. The van der Waals surface area contributed by atoms with Crippen LogP contribution in [0.5, 0.6) is 0 Å². The van der Waals surface area contributed by atoms with Crippen molar-refractivity contribution in [1.82, 2.24) is 20.1 Å². The molecule has 0 aliphatic carbocycles. The second kappa shape index (κ2) is 14.9. The Morgan fingerprint density at radius 2 is 1.85 bits per heavy atom. The van der Waals surface area contributed by atoms with Gasteiger partial charge < -0.3 is 25.3 Å². The van der Waals surface area contributed by atoms with E-state index in [1.165, 1.54) is 19.3 Å². The number of anilines is 2. The first-order chi connectivity index (χ1) is 16.4. The number of nitrogens with one attached hydrogen (secondary N) is 3. The predicted octanol–water partition coefficient (Wildman–Crippen LogP) is 3.43. The number of likely N-dealkylation sites (N-methyl/N-ethyl adjacent to an activating group) is 1. The molecule has 34 heavy (non-hydrogen) atoms. The Kier molecular flexibility index (Phi) is 12.3. The lowest BCUT2D eigenvalue weighted by Gasteiger charge is -2.33. The lowest BCUT2D eigenvalue weighted by molar-refractivity contribution is -0.115. The zero-order chi connectivity index (χ0) is 24.9. The summed E-state index contributed by atoms with van der Waals surface area (Å²) in [6.07, 6.45) is 6.56. The molecule has 0 spiro atoms. The summed E-state index contributed by atoms with van der Waals surface area (Å²) < 4.78 is 0. The van der Waals surface area contributed by atoms with Gasteiger partial charge in [-0.25, -0.2) is 4.98 Å². The maximum atomic E-state index is 12.9. The number of rotatable bonds is 15. The molecule has 0 aromatic carbocycles. The van der Waals surface area contributed by atoms with Gasteiger partial charge in [-0.2, -0.15) is 0 Å². The second-order valence-corrected chi connectivity index (χ2v) is 9.37. The molecule has 1 aromatic rings. The number of pyridine rings is 1. The molecule has 1 aromatic heterocycles. The number of likely N-dealkylation sites (tertiary alicyclic amines) is 1. The minimum atomic E-state index is -0.317. The van der Waals surface area contributed by atoms with Crippen LogP contribution < -0.4 is 15.5 Å². The van der Waals surface area contributed by atoms with E-state index in [9.17, 15) is 4.79 Å². The molecule has 1 aliphatic rings. The highest BCUT2D eigenvalue weighted by Gasteiger charge is 2.24. The Labute approximate surface area is 207 Å². The molecule has 3 N–H and O–H groups in total. The standard InChI is InChI=1S/C26H47N7O/c1-6-9-10-16-33(8-3)23-12-11-22(25(28-4)30-23)24(27)26(34)29-21-13-17-32(18-14-21)20-19-31(5)15-7-2/h11-12,21,27H,6-10,13-20H2,1-5H3,(H,28,30)(H,29,34). The normalized spacial score (nSPS) is 14.9. The smallest absolute Gasteiger partial charge is 0.270 e. The van der Waals surface area contributed by atoms with E-state index in [1.54, 1.807) is 7.05 Å². The van der Waals surface area contributed by atoms with Crippen LogP contribution in [0.15, 0.2) is 12.1 Å². The zero-order valence-electron chi connectivity index (χ0n) is 22.1. The van der Waals surface area contributed by atoms with Gasteiger partial charge in [0.2, 0.25) is 0 Å². The molecular weight excluding hydrogens is 426 g/mol. The van der Waals surface area contributed by atoms with E-state index >= 15 is 0 Å². The van der Waals surface area contributed by atoms with Crippen LogP contribution in [0.4, 0.5) is 11.6 Å². The maximum absolute atomic E-state index is 12.9. The van der Waals surface area contributed by atoms with E-state index in [2.05, 4.69) is 53.2 Å². The molecule has 1 fully saturated rings. The van der Waals surface area contributed by atoms with Crippen molar-refractivity contribution in [3.8, 4) is 0 Å². The maximum Gasteiger partial charge on any atom is 0.270 e. The van der Waals surface area contributed by atoms with Crippen molar-refractivity contribution < 1.29 is 4.79 Å². The molecule has 192 valence electrons. The van der Waals surface area contributed by atoms with Crippen LogP contribution >= 0.6 is 0 Å². The summed E-state index contributed by atoms with van der Waals surface area (Å²) in [5.41, 5.74) is 0.519. The molecule has 2 rings (SSSR count). The fourth-order valence-electron chi connectivity index (χ4n) is 4.49. The van der Waals surface area contributed by atoms with Crippen LogP contribution in [0, 0.1) is 5.41 Å². The number of carbonyl (C=O) groups is 1. The zero-order valence-corrected chi connectivity index (χ0v) is 22.1. The molecule has 1 amide bonds. The lowest BCUT2D eigenvalue weighted by atomic mass is 10.0. The topological polar surface area (TPSA) is 87.6 Å². The number of hydrogen-bond donors (Lipinski definition) is 3. The van der Waals surface area contributed by atoms with Crippen molar-refractivity contribution >= 4 is 23.3 Å². The van der Waals surface area contributed by atoms with Gasteiger partial charge in [0.15, 0.2) is 0 Å². The molecule has 0 atom stereocenters. The highest BCUT2D eigenvalue weighted by molar-refractivity contribution is 6.45. The van der Waals surface area contributed by atoms with Crippen molar-refractivity contribution in [1.29, 1.82) is 5.41 Å². The van der Waals surface area contributed by atoms with Gasteiger partial charge >= 0.3 is 0 Å². The Bertz CT molecular complexity index is 762. The third-order valence-electron chi connectivity index (χ3n) is 6.68. The van der Waals surface area contributed by atoms with Gasteiger partial charge in [-0.3, -0.25) is 10.2 Å². The van der Waals surface area contributed by atoms with E-state index in [-0.39, 0.29) is 17.7 Å². The number of nitrogens with zero attached hydrogens (tertiary/aromatic N) is 4. The molecule has 0 bridgehead atoms. The summed E-state index contributed by atoms with van der Waals surface area (Å²) in [6.45, 7) is 13.7. The third-order valence-corrected chi connectivity index (χ3v) is 6.68. The van der Waals surface area contributed by atoms with Gasteiger partial charge in [-0.05, 0) is 58.3 Å². The molecule has 2 heterocycles. The first kappa shape index (κ1) is 28.1. The van der Waals surface area contributed by atoms with Crippen molar-refractivity contribution in [3.63, 3.8) is 0 Å². The van der Waals surface area contributed by atoms with Gasteiger partial charge in [-0.15, -0.1) is 0 Å². The molecule has 0 saturated carbocycles. The molecule has 0 radical (unpaired) electrons. The quantitative estimate of drug-likeness (QED) is 0.267. The second-order valence-electron chi connectivity index (χ2n) is 9.37. The van der Waals surface area contributed by atoms with Gasteiger partial charge in [0, 0.05) is 57.9 Å². The summed E-state index contributed by atoms with van der Waals surface area (Å²) in [5.74, 6) is 1.15. The fraction of sp³-hybridized carbons (Fsp3) is 0.731. The summed E-state index contributed by atoms with van der Waals surface area (Å²) in [7, 11) is 3.97. The number of hydrogen-bond acceptors (Lipinski definition) is 7. The number of piperidine rings is 1. The first-order valence-electron chi connectivity index (χ1n) is 13.2. The average molecular weight is 474 g/mol. The van der Waals surface area contributed by atoms with Gasteiger partial charge in [0.1, 0.15) is 17.3 Å². The van der Waals surface area contributed by atoms with Crippen LogP contribution in [0.25, 0.3) is 0 Å². The predicted molar refractivity (Wildman–Crippen MR) is 143 cm³/mol. The van der Waals surface area contributed by atoms with Crippen molar-refractivity contribution in [2.24, 2.45) is 0 Å². The molecule has 8 nitrogen and oxygen atoms in total. The van der Waals surface area contributed by atoms with Crippen LogP contribution in [-0.4, -0.2) is 92.4 Å². The Balaban J connectivity index is 1.91. The summed E-state index contributed by atoms with van der Waals surface area (Å²) in [5, 5.41) is 14.7. The van der Waals surface area contributed by atoms with Gasteiger partial charge in [0.25, 0.3) is 5.91 Å². The fourth-order valence-corrected chi connectivity index (χ4v) is 4.49. The van der Waals surface area contributed by atoms with Crippen LogP contribution in [0.1, 0.15) is 64.9 Å². The molecule has 1 saturated heterocycles. The minimum absolute atomic E-state index is 0.0268. The minimum Gasteiger partial charge on any atom is -0.373 e. The van der Waals surface area contributed by atoms with E-state index in [4.69, 9.17) is 10.4 Å². The van der Waals surface area contributed by atoms with Crippen LogP contribution in [0.2, 0.25) is 0 Å². The largest absolute Gasteiger partial charge is 0.373 e. The third kappa shape index (κ3) is 8.55. The summed E-state index contributed by atoms with van der Waals surface area (Å²) >= 11 is 0. The molecular formula is C26H47N7O. The monoisotopic (exact) mass is 473 g/mol. The highest BCUT2D eigenvalue weighted by Crippen LogP contribution is 2.21. The number of unbranched alkanes of at least 4 members (excludes halogenated alkanes) is 2. The van der Waals surface area contributed by atoms with Gasteiger partial charge in [0.05, 0.1) is 0 Å². The van der Waals surface area contributed by atoms with E-state index < -0.39 is 0 Å². The molecule has 8 heteroatoms.